The summed E-state index contributed by atoms with van der Waals surface area (Å²) in [6.45, 7) is 3.83. The average molecular weight is 232 g/mol. The zero-order valence-corrected chi connectivity index (χ0v) is 10.4. The molecule has 0 N–H and O–H groups in total. The van der Waals surface area contributed by atoms with Crippen molar-refractivity contribution in [3.63, 3.8) is 0 Å². The van der Waals surface area contributed by atoms with Crippen LogP contribution in [0.25, 0.3) is 11.6 Å². The molecule has 2 aromatic rings. The Morgan fingerprint density at radius 1 is 1.06 bits per heavy atom. The molecule has 0 atom stereocenters. The van der Waals surface area contributed by atoms with Crippen molar-refractivity contribution in [1.29, 1.82) is 0 Å². The summed E-state index contributed by atoms with van der Waals surface area (Å²) < 4.78 is 0. The van der Waals surface area contributed by atoms with Crippen molar-refractivity contribution in [2.45, 2.75) is 12.8 Å². The van der Waals surface area contributed by atoms with Crippen LogP contribution in [0, 0.1) is 0 Å². The number of hydrogen-bond acceptors (Lipinski definition) is 0. The number of fused-ring (bicyclic) bond motifs is 1. The first-order valence-corrected chi connectivity index (χ1v) is 6.35. The maximum absolute atomic E-state index is 3.83. The van der Waals surface area contributed by atoms with E-state index in [2.05, 4.69) is 61.2 Å². The van der Waals surface area contributed by atoms with Gasteiger partial charge in [0.2, 0.25) is 0 Å². The summed E-state index contributed by atoms with van der Waals surface area (Å²) in [7, 11) is 0. The van der Waals surface area contributed by atoms with E-state index >= 15 is 0 Å². The molecule has 0 fully saturated rings. The van der Waals surface area contributed by atoms with E-state index in [1.54, 1.807) is 0 Å². The first kappa shape index (κ1) is 11.0. The SMILES string of the molecule is C=Cc1cccc(CC2=CCc3ccccc32)c1. The summed E-state index contributed by atoms with van der Waals surface area (Å²) in [6, 6.07) is 17.3. The minimum Gasteiger partial charge on any atom is -0.0985 e. The molecule has 0 radical (unpaired) electrons. The Morgan fingerprint density at radius 2 is 1.94 bits per heavy atom. The van der Waals surface area contributed by atoms with Crippen molar-refractivity contribution >= 4 is 11.6 Å². The van der Waals surface area contributed by atoms with Crippen molar-refractivity contribution in [1.82, 2.24) is 0 Å². The van der Waals surface area contributed by atoms with Crippen LogP contribution in [-0.4, -0.2) is 0 Å². The third-order valence-corrected chi connectivity index (χ3v) is 3.51. The minimum absolute atomic E-state index is 1.01. The van der Waals surface area contributed by atoms with Crippen LogP contribution in [0.3, 0.4) is 0 Å². The molecule has 0 unspecified atom stereocenters. The molecule has 0 spiro atoms. The molecule has 0 heteroatoms. The van der Waals surface area contributed by atoms with Gasteiger partial charge < -0.3 is 0 Å². The number of benzene rings is 2. The largest absolute Gasteiger partial charge is 0.0985 e. The first-order chi connectivity index (χ1) is 8.86. The average Bonchev–Trinajstić information content (AvgIpc) is 2.83. The molecule has 0 aromatic heterocycles. The Balaban J connectivity index is 1.88. The summed E-state index contributed by atoms with van der Waals surface area (Å²) in [4.78, 5) is 0. The minimum atomic E-state index is 1.01. The second kappa shape index (κ2) is 4.66. The van der Waals surface area contributed by atoms with Gasteiger partial charge >= 0.3 is 0 Å². The molecule has 88 valence electrons. The van der Waals surface area contributed by atoms with Gasteiger partial charge in [0.15, 0.2) is 0 Å². The fourth-order valence-corrected chi connectivity index (χ4v) is 2.57. The highest BCUT2D eigenvalue weighted by Crippen LogP contribution is 2.29. The van der Waals surface area contributed by atoms with E-state index in [9.17, 15) is 0 Å². The molecule has 0 amide bonds. The van der Waals surface area contributed by atoms with Crippen LogP contribution in [-0.2, 0) is 12.8 Å². The van der Waals surface area contributed by atoms with Crippen molar-refractivity contribution in [3.05, 3.63) is 83.4 Å². The van der Waals surface area contributed by atoms with Gasteiger partial charge in [-0.2, -0.15) is 0 Å². The van der Waals surface area contributed by atoms with Gasteiger partial charge in [-0.15, -0.1) is 0 Å². The van der Waals surface area contributed by atoms with Crippen molar-refractivity contribution in [2.75, 3.05) is 0 Å². The summed E-state index contributed by atoms with van der Waals surface area (Å²) in [5, 5.41) is 0. The Kier molecular flexibility index (Phi) is 2.85. The number of allylic oxidation sites excluding steroid dienone is 2. The molecule has 2 aromatic carbocycles. The van der Waals surface area contributed by atoms with Crippen LogP contribution in [0.4, 0.5) is 0 Å². The predicted octanol–water partition coefficient (Wildman–Crippen LogP) is 4.51. The Labute approximate surface area is 108 Å². The smallest absolute Gasteiger partial charge is 0.00226 e. The van der Waals surface area contributed by atoms with E-state index in [-0.39, 0.29) is 0 Å². The number of rotatable bonds is 3. The van der Waals surface area contributed by atoms with E-state index < -0.39 is 0 Å². The maximum Gasteiger partial charge on any atom is -0.00226 e. The Bertz CT molecular complexity index is 617. The van der Waals surface area contributed by atoms with Gasteiger partial charge in [-0.05, 0) is 40.7 Å². The summed E-state index contributed by atoms with van der Waals surface area (Å²) in [5.74, 6) is 0. The van der Waals surface area contributed by atoms with Gasteiger partial charge in [0.25, 0.3) is 0 Å². The van der Waals surface area contributed by atoms with Gasteiger partial charge in [-0.1, -0.05) is 67.3 Å². The standard InChI is InChI=1S/C18H16/c1-2-14-6-5-7-15(12-14)13-17-11-10-16-8-3-4-9-18(16)17/h2-9,11-12H,1,10,13H2. The van der Waals surface area contributed by atoms with Crippen molar-refractivity contribution < 1.29 is 0 Å². The van der Waals surface area contributed by atoms with Gasteiger partial charge in [0, 0.05) is 0 Å². The molecule has 0 aliphatic heterocycles. The molecule has 0 saturated carbocycles. The monoisotopic (exact) mass is 232 g/mol. The van der Waals surface area contributed by atoms with Crippen LogP contribution >= 0.6 is 0 Å². The summed E-state index contributed by atoms with van der Waals surface area (Å²) in [5.41, 5.74) is 6.87. The Hall–Kier alpha value is -2.08. The van der Waals surface area contributed by atoms with Gasteiger partial charge in [0.05, 0.1) is 0 Å². The highest BCUT2D eigenvalue weighted by atomic mass is 14.2. The van der Waals surface area contributed by atoms with Gasteiger partial charge in [0.1, 0.15) is 0 Å². The predicted molar refractivity (Wildman–Crippen MR) is 78.4 cm³/mol. The van der Waals surface area contributed by atoms with Crippen LogP contribution < -0.4 is 0 Å². The fraction of sp³-hybridized carbons (Fsp3) is 0.111. The zero-order valence-electron chi connectivity index (χ0n) is 10.4. The van der Waals surface area contributed by atoms with E-state index in [1.165, 1.54) is 27.8 Å². The van der Waals surface area contributed by atoms with Crippen molar-refractivity contribution in [2.24, 2.45) is 0 Å². The molecule has 1 aliphatic rings. The highest BCUT2D eigenvalue weighted by molar-refractivity contribution is 5.74. The molecule has 18 heavy (non-hydrogen) atoms. The molecule has 0 bridgehead atoms. The lowest BCUT2D eigenvalue weighted by Crippen LogP contribution is -1.90. The second-order valence-electron chi connectivity index (χ2n) is 4.72. The normalized spacial score (nSPS) is 13.0. The molecule has 1 aliphatic carbocycles. The highest BCUT2D eigenvalue weighted by Gasteiger charge is 2.13. The molecular formula is C18H16. The third-order valence-electron chi connectivity index (χ3n) is 3.51. The van der Waals surface area contributed by atoms with Crippen molar-refractivity contribution in [3.8, 4) is 0 Å². The van der Waals surface area contributed by atoms with E-state index in [4.69, 9.17) is 0 Å². The van der Waals surface area contributed by atoms with Gasteiger partial charge in [-0.3, -0.25) is 0 Å². The summed E-state index contributed by atoms with van der Waals surface area (Å²) in [6.07, 6.45) is 6.34. The lowest BCUT2D eigenvalue weighted by atomic mass is 9.98. The molecule has 3 rings (SSSR count). The number of hydrogen-bond donors (Lipinski definition) is 0. The first-order valence-electron chi connectivity index (χ1n) is 6.35. The van der Waals surface area contributed by atoms with Crippen LogP contribution in [0.15, 0.2) is 61.2 Å². The zero-order chi connectivity index (χ0) is 12.4. The second-order valence-corrected chi connectivity index (χ2v) is 4.72. The van der Waals surface area contributed by atoms with Gasteiger partial charge in [-0.25, -0.2) is 0 Å². The Morgan fingerprint density at radius 3 is 2.83 bits per heavy atom. The lowest BCUT2D eigenvalue weighted by molar-refractivity contribution is 1.28. The quantitative estimate of drug-likeness (QED) is 0.730. The fourth-order valence-electron chi connectivity index (χ4n) is 2.57. The maximum atomic E-state index is 3.83. The van der Waals surface area contributed by atoms with Crippen LogP contribution in [0.5, 0.6) is 0 Å². The lowest BCUT2D eigenvalue weighted by Gasteiger charge is -2.06. The van der Waals surface area contributed by atoms with Crippen LogP contribution in [0.1, 0.15) is 22.3 Å². The third kappa shape index (κ3) is 2.02. The van der Waals surface area contributed by atoms with E-state index in [1.807, 2.05) is 6.08 Å². The topological polar surface area (TPSA) is 0 Å². The molecular weight excluding hydrogens is 216 g/mol. The molecule has 0 nitrogen and oxygen atoms in total. The summed E-state index contributed by atoms with van der Waals surface area (Å²) >= 11 is 0. The van der Waals surface area contributed by atoms with E-state index in [0.29, 0.717) is 0 Å². The molecule has 0 saturated heterocycles. The van der Waals surface area contributed by atoms with E-state index in [0.717, 1.165) is 12.8 Å². The molecule has 0 heterocycles. The van der Waals surface area contributed by atoms with Crippen LogP contribution in [0.2, 0.25) is 0 Å².